The highest BCUT2D eigenvalue weighted by atomic mass is 32.1. The third-order valence-electron chi connectivity index (χ3n) is 4.49. The van der Waals surface area contributed by atoms with E-state index >= 15 is 0 Å². The lowest BCUT2D eigenvalue weighted by atomic mass is 10.1. The highest BCUT2D eigenvalue weighted by Gasteiger charge is 2.14. The predicted molar refractivity (Wildman–Crippen MR) is 114 cm³/mol. The number of aromatic nitrogens is 2. The van der Waals surface area contributed by atoms with E-state index in [1.54, 1.807) is 11.3 Å². The number of carbonyl (C=O) groups excluding carboxylic acids is 1. The van der Waals surface area contributed by atoms with Crippen LogP contribution in [0.2, 0.25) is 0 Å². The van der Waals surface area contributed by atoms with Crippen LogP contribution in [0.3, 0.4) is 0 Å². The molecular weight excluding hydrogens is 374 g/mol. The van der Waals surface area contributed by atoms with Crippen LogP contribution < -0.4 is 5.32 Å². The zero-order chi connectivity index (χ0) is 18.4. The number of hydrogen-bond donors (Lipinski definition) is 1. The second-order valence-corrected chi connectivity index (χ2v) is 8.37. The van der Waals surface area contributed by atoms with Gasteiger partial charge >= 0.3 is 0 Å². The Balaban J connectivity index is 1.50. The van der Waals surface area contributed by atoms with E-state index in [-0.39, 0.29) is 5.91 Å². The summed E-state index contributed by atoms with van der Waals surface area (Å²) >= 11 is 3.19. The van der Waals surface area contributed by atoms with E-state index in [9.17, 15) is 4.79 Å². The second-order valence-electron chi connectivity index (χ2n) is 6.26. The molecule has 3 aromatic carbocycles. The van der Waals surface area contributed by atoms with E-state index in [0.717, 1.165) is 42.6 Å². The second kappa shape index (κ2) is 6.40. The van der Waals surface area contributed by atoms with Crippen molar-refractivity contribution in [3.8, 4) is 0 Å². The Hall–Kier alpha value is -2.83. The summed E-state index contributed by atoms with van der Waals surface area (Å²) in [4.78, 5) is 22.0. The number of anilines is 1. The minimum Gasteiger partial charge on any atom is -0.298 e. The van der Waals surface area contributed by atoms with Gasteiger partial charge in [0, 0.05) is 5.56 Å². The van der Waals surface area contributed by atoms with Crippen molar-refractivity contribution in [2.24, 2.45) is 0 Å². The van der Waals surface area contributed by atoms with Crippen molar-refractivity contribution in [3.63, 3.8) is 0 Å². The fourth-order valence-electron chi connectivity index (χ4n) is 3.13. The van der Waals surface area contributed by atoms with Gasteiger partial charge in [-0.05, 0) is 41.5 Å². The number of rotatable bonds is 3. The Morgan fingerprint density at radius 3 is 2.70 bits per heavy atom. The number of benzene rings is 3. The van der Waals surface area contributed by atoms with Crippen molar-refractivity contribution in [1.82, 2.24) is 9.97 Å². The Kier molecular flexibility index (Phi) is 3.88. The van der Waals surface area contributed by atoms with Gasteiger partial charge in [-0.3, -0.25) is 10.1 Å². The standard InChI is InChI=1S/C21H15N3OS2/c1-2-17-23-18-16(26-17)10-9-15-19(18)27-21(22-15)24-20(25)14-8-7-12-5-3-4-6-13(12)11-14/h3-11H,2H2,1H3,(H,22,24,25). The van der Waals surface area contributed by atoms with Gasteiger partial charge in [-0.15, -0.1) is 11.3 Å². The van der Waals surface area contributed by atoms with Crippen LogP contribution in [0.4, 0.5) is 5.13 Å². The zero-order valence-corrected chi connectivity index (χ0v) is 16.2. The molecule has 0 aliphatic rings. The summed E-state index contributed by atoms with van der Waals surface area (Å²) in [5.41, 5.74) is 2.48. The molecule has 4 nitrogen and oxygen atoms in total. The van der Waals surface area contributed by atoms with Gasteiger partial charge in [-0.2, -0.15) is 0 Å². The molecule has 0 spiro atoms. The average Bonchev–Trinajstić information content (AvgIpc) is 3.30. The summed E-state index contributed by atoms with van der Waals surface area (Å²) in [6.45, 7) is 2.11. The largest absolute Gasteiger partial charge is 0.298 e. The van der Waals surface area contributed by atoms with Crippen LogP contribution in [-0.2, 0) is 6.42 Å². The maximum Gasteiger partial charge on any atom is 0.257 e. The summed E-state index contributed by atoms with van der Waals surface area (Å²) < 4.78 is 2.19. The maximum atomic E-state index is 12.7. The Morgan fingerprint density at radius 2 is 1.85 bits per heavy atom. The van der Waals surface area contributed by atoms with E-state index in [1.807, 2.05) is 48.5 Å². The van der Waals surface area contributed by atoms with Crippen LogP contribution in [0.25, 0.3) is 31.2 Å². The number of amides is 1. The van der Waals surface area contributed by atoms with Crippen molar-refractivity contribution >= 4 is 64.9 Å². The van der Waals surface area contributed by atoms with Gasteiger partial charge in [0.25, 0.3) is 5.91 Å². The summed E-state index contributed by atoms with van der Waals surface area (Å²) in [6, 6.07) is 17.8. The molecule has 0 saturated heterocycles. The topological polar surface area (TPSA) is 54.9 Å². The lowest BCUT2D eigenvalue weighted by Crippen LogP contribution is -2.11. The Morgan fingerprint density at radius 1 is 1.00 bits per heavy atom. The molecule has 6 heteroatoms. The minimum absolute atomic E-state index is 0.149. The highest BCUT2D eigenvalue weighted by Crippen LogP contribution is 2.35. The molecule has 132 valence electrons. The molecule has 0 saturated carbocycles. The van der Waals surface area contributed by atoms with E-state index in [0.29, 0.717) is 10.7 Å². The average molecular weight is 390 g/mol. The number of nitrogens with zero attached hydrogens (tertiary/aromatic N) is 2. The van der Waals surface area contributed by atoms with Gasteiger partial charge in [0.15, 0.2) is 5.13 Å². The molecule has 0 bridgehead atoms. The first-order valence-corrected chi connectivity index (χ1v) is 10.3. The lowest BCUT2D eigenvalue weighted by Gasteiger charge is -2.03. The highest BCUT2D eigenvalue weighted by molar-refractivity contribution is 7.24. The monoisotopic (exact) mass is 389 g/mol. The first-order chi connectivity index (χ1) is 13.2. The van der Waals surface area contributed by atoms with Crippen LogP contribution in [-0.4, -0.2) is 15.9 Å². The molecule has 2 aromatic heterocycles. The SMILES string of the molecule is CCc1nc2c(ccc3nc(NC(=O)c4ccc5ccccc5c4)sc32)s1. The number of hydrogen-bond acceptors (Lipinski definition) is 5. The van der Waals surface area contributed by atoms with E-state index in [2.05, 4.69) is 23.3 Å². The summed E-state index contributed by atoms with van der Waals surface area (Å²) in [6.07, 6.45) is 0.922. The molecule has 0 radical (unpaired) electrons. The Bertz CT molecular complexity index is 1320. The van der Waals surface area contributed by atoms with Crippen LogP contribution >= 0.6 is 22.7 Å². The van der Waals surface area contributed by atoms with Crippen molar-refractivity contribution < 1.29 is 4.79 Å². The third kappa shape index (κ3) is 2.87. The first kappa shape index (κ1) is 16.4. The smallest absolute Gasteiger partial charge is 0.257 e. The summed E-state index contributed by atoms with van der Waals surface area (Å²) in [5.74, 6) is -0.149. The Labute approximate surface area is 163 Å². The number of fused-ring (bicyclic) bond motifs is 4. The number of aryl methyl sites for hydroxylation is 1. The molecule has 2 heterocycles. The number of carbonyl (C=O) groups is 1. The molecule has 0 fully saturated rings. The van der Waals surface area contributed by atoms with Gasteiger partial charge in [-0.1, -0.05) is 48.6 Å². The molecule has 0 aliphatic carbocycles. The van der Waals surface area contributed by atoms with Gasteiger partial charge < -0.3 is 0 Å². The fraction of sp³-hybridized carbons (Fsp3) is 0.0952. The first-order valence-electron chi connectivity index (χ1n) is 8.70. The molecule has 1 amide bonds. The zero-order valence-electron chi connectivity index (χ0n) is 14.5. The maximum absolute atomic E-state index is 12.7. The van der Waals surface area contributed by atoms with Gasteiger partial charge in [0.05, 0.1) is 19.9 Å². The van der Waals surface area contributed by atoms with Gasteiger partial charge in [-0.25, -0.2) is 9.97 Å². The van der Waals surface area contributed by atoms with Crippen molar-refractivity contribution in [2.75, 3.05) is 5.32 Å². The molecular formula is C21H15N3OS2. The van der Waals surface area contributed by atoms with E-state index < -0.39 is 0 Å². The lowest BCUT2D eigenvalue weighted by molar-refractivity contribution is 0.102. The van der Waals surface area contributed by atoms with Crippen LogP contribution in [0.1, 0.15) is 22.3 Å². The molecule has 27 heavy (non-hydrogen) atoms. The van der Waals surface area contributed by atoms with Crippen molar-refractivity contribution in [1.29, 1.82) is 0 Å². The number of nitrogens with one attached hydrogen (secondary N) is 1. The molecule has 5 rings (SSSR count). The predicted octanol–water partition coefficient (Wildman–Crippen LogP) is 5.87. The van der Waals surface area contributed by atoms with Gasteiger partial charge in [0.2, 0.25) is 0 Å². The molecule has 0 unspecified atom stereocenters. The molecule has 0 atom stereocenters. The van der Waals surface area contributed by atoms with Crippen molar-refractivity contribution in [2.45, 2.75) is 13.3 Å². The van der Waals surface area contributed by atoms with Crippen LogP contribution in [0.5, 0.6) is 0 Å². The van der Waals surface area contributed by atoms with Crippen molar-refractivity contribution in [3.05, 3.63) is 65.2 Å². The van der Waals surface area contributed by atoms with Gasteiger partial charge in [0.1, 0.15) is 5.52 Å². The molecule has 1 N–H and O–H groups in total. The third-order valence-corrected chi connectivity index (χ3v) is 6.65. The van der Waals surface area contributed by atoms with E-state index in [4.69, 9.17) is 4.98 Å². The summed E-state index contributed by atoms with van der Waals surface area (Å²) in [7, 11) is 0. The summed E-state index contributed by atoms with van der Waals surface area (Å²) in [5, 5.41) is 6.82. The molecule has 5 aromatic rings. The van der Waals surface area contributed by atoms with E-state index in [1.165, 1.54) is 11.3 Å². The fourth-order valence-corrected chi connectivity index (χ4v) is 5.06. The normalized spacial score (nSPS) is 11.4. The number of thiazole rings is 2. The minimum atomic E-state index is -0.149. The molecule has 0 aliphatic heterocycles. The van der Waals surface area contributed by atoms with Crippen LogP contribution in [0, 0.1) is 0 Å². The quantitative estimate of drug-likeness (QED) is 0.419. The van der Waals surface area contributed by atoms with Crippen LogP contribution in [0.15, 0.2) is 54.6 Å².